The van der Waals surface area contributed by atoms with Gasteiger partial charge >= 0.3 is 0 Å². The molecule has 0 aliphatic rings. The Morgan fingerprint density at radius 3 is 2.35 bits per heavy atom. The zero-order valence-electron chi connectivity index (χ0n) is 12.0. The molecule has 0 saturated heterocycles. The van der Waals surface area contributed by atoms with Crippen LogP contribution in [0.5, 0.6) is 0 Å². The Hall–Kier alpha value is -0.263. The maximum atomic E-state index is 10.2. The summed E-state index contributed by atoms with van der Waals surface area (Å²) in [6.07, 6.45) is 14.4. The van der Waals surface area contributed by atoms with Crippen molar-refractivity contribution < 1.29 is 5.11 Å². The fourth-order valence-electron chi connectivity index (χ4n) is 2.11. The molecule has 0 rings (SSSR count). The predicted molar refractivity (Wildman–Crippen MR) is 79.7 cm³/mol. The van der Waals surface area contributed by atoms with Crippen molar-refractivity contribution >= 4 is 8.07 Å². The maximum Gasteiger partial charge on any atom is 0.0812 e. The van der Waals surface area contributed by atoms with Crippen molar-refractivity contribution in [3.05, 3.63) is 0 Å². The zero-order valence-corrected chi connectivity index (χ0v) is 13.0. The first-order chi connectivity index (χ1) is 8.04. The minimum absolute atomic E-state index is 0.0123. The van der Waals surface area contributed by atoms with Gasteiger partial charge in [-0.05, 0) is 12.8 Å². The van der Waals surface area contributed by atoms with Crippen molar-refractivity contribution in [1.82, 2.24) is 0 Å². The minimum atomic E-state index is -1.38. The molecule has 0 aliphatic heterocycles. The zero-order chi connectivity index (χ0) is 13.1. The van der Waals surface area contributed by atoms with E-state index in [4.69, 9.17) is 6.42 Å². The van der Waals surface area contributed by atoms with Crippen LogP contribution < -0.4 is 0 Å². The second-order valence-corrected chi connectivity index (χ2v) is 10.9. The average molecular weight is 254 g/mol. The van der Waals surface area contributed by atoms with Gasteiger partial charge in [0.25, 0.3) is 0 Å². The van der Waals surface area contributed by atoms with Crippen LogP contribution in [0, 0.1) is 12.3 Å². The molecule has 0 aromatic carbocycles. The number of unbranched alkanes of at least 4 members (excludes halogenated alkanes) is 5. The molecule has 2 heteroatoms. The minimum Gasteiger partial charge on any atom is -0.397 e. The lowest BCUT2D eigenvalue weighted by Crippen LogP contribution is -2.41. The molecule has 1 N–H and O–H groups in total. The summed E-state index contributed by atoms with van der Waals surface area (Å²) in [6, 6.07) is 1.27. The second-order valence-electron chi connectivity index (χ2n) is 5.76. The van der Waals surface area contributed by atoms with Crippen LogP contribution in [0.15, 0.2) is 0 Å². The van der Waals surface area contributed by atoms with Gasteiger partial charge in [0.05, 0.1) is 8.07 Å². The molecule has 0 heterocycles. The highest BCUT2D eigenvalue weighted by molar-refractivity contribution is 6.78. The van der Waals surface area contributed by atoms with Crippen LogP contribution in [0.2, 0.25) is 19.1 Å². The molecule has 0 aliphatic carbocycles. The molecule has 0 aromatic rings. The molecule has 0 spiro atoms. The van der Waals surface area contributed by atoms with Gasteiger partial charge in [-0.15, -0.1) is 12.3 Å². The SMILES string of the molecule is C#CCCCCCCC(O)[Si](C)(C)CCCC. The highest BCUT2D eigenvalue weighted by atomic mass is 28.3. The Labute approximate surface area is 109 Å². The monoisotopic (exact) mass is 254 g/mol. The fraction of sp³-hybridized carbons (Fsp3) is 0.867. The smallest absolute Gasteiger partial charge is 0.0812 e. The molecule has 1 atom stereocenters. The molecule has 17 heavy (non-hydrogen) atoms. The third-order valence-corrected chi connectivity index (χ3v) is 7.36. The van der Waals surface area contributed by atoms with Gasteiger partial charge in [0, 0.05) is 12.1 Å². The van der Waals surface area contributed by atoms with E-state index in [0.29, 0.717) is 0 Å². The topological polar surface area (TPSA) is 20.2 Å². The predicted octanol–water partition coefficient (Wildman–Crippen LogP) is 4.37. The highest BCUT2D eigenvalue weighted by Gasteiger charge is 2.28. The third kappa shape index (κ3) is 8.46. The van der Waals surface area contributed by atoms with Gasteiger partial charge in [-0.25, -0.2) is 0 Å². The van der Waals surface area contributed by atoms with E-state index in [9.17, 15) is 5.11 Å². The van der Waals surface area contributed by atoms with Crippen LogP contribution in [0.25, 0.3) is 0 Å². The normalized spacial score (nSPS) is 13.4. The largest absolute Gasteiger partial charge is 0.397 e. The summed E-state index contributed by atoms with van der Waals surface area (Å²) >= 11 is 0. The quantitative estimate of drug-likeness (QED) is 0.349. The van der Waals surface area contributed by atoms with Crippen LogP contribution in [0.4, 0.5) is 0 Å². The van der Waals surface area contributed by atoms with Crippen LogP contribution in [-0.2, 0) is 0 Å². The number of rotatable bonds is 10. The van der Waals surface area contributed by atoms with E-state index < -0.39 is 8.07 Å². The van der Waals surface area contributed by atoms with E-state index in [1.54, 1.807) is 0 Å². The summed E-state index contributed by atoms with van der Waals surface area (Å²) in [6.45, 7) is 6.87. The first-order valence-electron chi connectivity index (χ1n) is 7.16. The number of terminal acetylenes is 1. The van der Waals surface area contributed by atoms with Crippen LogP contribution in [0.1, 0.15) is 58.3 Å². The van der Waals surface area contributed by atoms with Crippen LogP contribution in [-0.4, -0.2) is 18.9 Å². The van der Waals surface area contributed by atoms with E-state index in [-0.39, 0.29) is 5.73 Å². The van der Waals surface area contributed by atoms with Crippen LogP contribution >= 0.6 is 0 Å². The van der Waals surface area contributed by atoms with Crippen molar-refractivity contribution in [2.45, 2.75) is 83.2 Å². The van der Waals surface area contributed by atoms with Gasteiger partial charge in [0.15, 0.2) is 0 Å². The van der Waals surface area contributed by atoms with Gasteiger partial charge in [0.2, 0.25) is 0 Å². The molecule has 100 valence electrons. The Morgan fingerprint density at radius 2 is 1.76 bits per heavy atom. The first kappa shape index (κ1) is 16.7. The molecular formula is C15H30OSi. The number of aliphatic hydroxyl groups is 1. The second kappa shape index (κ2) is 9.73. The third-order valence-electron chi connectivity index (χ3n) is 3.63. The Balaban J connectivity index is 3.62. The van der Waals surface area contributed by atoms with Crippen molar-refractivity contribution in [2.75, 3.05) is 0 Å². The summed E-state index contributed by atoms with van der Waals surface area (Å²) in [7, 11) is -1.38. The van der Waals surface area contributed by atoms with Crippen molar-refractivity contribution in [1.29, 1.82) is 0 Å². The molecule has 0 bridgehead atoms. The van der Waals surface area contributed by atoms with E-state index >= 15 is 0 Å². The van der Waals surface area contributed by atoms with E-state index in [0.717, 1.165) is 25.7 Å². The molecule has 0 aromatic heterocycles. The summed E-state index contributed by atoms with van der Waals surface area (Å²) in [5, 5.41) is 10.2. The average Bonchev–Trinajstić information content (AvgIpc) is 2.30. The summed E-state index contributed by atoms with van der Waals surface area (Å²) in [5.74, 6) is 2.67. The van der Waals surface area contributed by atoms with Gasteiger partial charge in [0.1, 0.15) is 0 Å². The fourth-order valence-corrected chi connectivity index (χ4v) is 4.69. The Bertz CT molecular complexity index is 217. The molecular weight excluding hydrogens is 224 g/mol. The van der Waals surface area contributed by atoms with Gasteiger partial charge < -0.3 is 5.11 Å². The summed E-state index contributed by atoms with van der Waals surface area (Å²) in [4.78, 5) is 0. The molecule has 0 fully saturated rings. The van der Waals surface area contributed by atoms with Gasteiger partial charge in [-0.1, -0.05) is 58.2 Å². The van der Waals surface area contributed by atoms with E-state index in [1.165, 1.54) is 31.7 Å². The summed E-state index contributed by atoms with van der Waals surface area (Å²) in [5.41, 5.74) is -0.0123. The lowest BCUT2D eigenvalue weighted by atomic mass is 10.1. The number of hydrogen-bond donors (Lipinski definition) is 1. The van der Waals surface area contributed by atoms with Gasteiger partial charge in [-0.2, -0.15) is 0 Å². The number of aliphatic hydroxyl groups excluding tert-OH is 1. The molecule has 0 radical (unpaired) electrons. The van der Waals surface area contributed by atoms with Crippen molar-refractivity contribution in [2.24, 2.45) is 0 Å². The molecule has 1 unspecified atom stereocenters. The Kier molecular flexibility index (Phi) is 9.58. The standard InChI is InChI=1S/C15H30OSi/c1-5-7-9-10-11-12-13-15(16)17(3,4)14-8-6-2/h1,15-16H,6-14H2,2-4H3. The van der Waals surface area contributed by atoms with Crippen molar-refractivity contribution in [3.8, 4) is 12.3 Å². The first-order valence-corrected chi connectivity index (χ1v) is 10.4. The molecule has 1 nitrogen and oxygen atoms in total. The Morgan fingerprint density at radius 1 is 1.12 bits per heavy atom. The highest BCUT2D eigenvalue weighted by Crippen LogP contribution is 2.21. The van der Waals surface area contributed by atoms with E-state index in [1.807, 2.05) is 0 Å². The molecule has 0 amide bonds. The van der Waals surface area contributed by atoms with Crippen LogP contribution in [0.3, 0.4) is 0 Å². The maximum absolute atomic E-state index is 10.2. The van der Waals surface area contributed by atoms with Crippen molar-refractivity contribution in [3.63, 3.8) is 0 Å². The van der Waals surface area contributed by atoms with E-state index in [2.05, 4.69) is 25.9 Å². The summed E-state index contributed by atoms with van der Waals surface area (Å²) < 4.78 is 0. The molecule has 0 saturated carbocycles. The number of hydrogen-bond acceptors (Lipinski definition) is 1. The van der Waals surface area contributed by atoms with Gasteiger partial charge in [-0.3, -0.25) is 0 Å². The lowest BCUT2D eigenvalue weighted by molar-refractivity contribution is 0.226. The lowest BCUT2D eigenvalue weighted by Gasteiger charge is -2.28.